The number of nitrogens with one attached hydrogen (secondary N) is 1. The predicted octanol–water partition coefficient (Wildman–Crippen LogP) is 3.85. The molecule has 1 aliphatic rings. The van der Waals surface area contributed by atoms with Crippen LogP contribution < -0.4 is 10.1 Å². The van der Waals surface area contributed by atoms with E-state index in [4.69, 9.17) is 4.74 Å². The maximum absolute atomic E-state index is 14.1. The van der Waals surface area contributed by atoms with Crippen molar-refractivity contribution in [1.82, 2.24) is 5.32 Å². The second-order valence-electron chi connectivity index (χ2n) is 5.33. The van der Waals surface area contributed by atoms with E-state index in [1.54, 1.807) is 6.07 Å². The van der Waals surface area contributed by atoms with Crippen molar-refractivity contribution in [3.63, 3.8) is 0 Å². The van der Waals surface area contributed by atoms with E-state index in [2.05, 4.69) is 11.4 Å². The molecule has 0 fully saturated rings. The van der Waals surface area contributed by atoms with Gasteiger partial charge in [0.2, 0.25) is 0 Å². The molecule has 1 N–H and O–H groups in total. The van der Waals surface area contributed by atoms with E-state index in [-0.39, 0.29) is 11.9 Å². The molecule has 1 atom stereocenters. The van der Waals surface area contributed by atoms with E-state index in [1.165, 1.54) is 11.6 Å². The SMILES string of the molecule is CCNC(c1ccc2c(c1)CCCO2)c1ccccc1F. The van der Waals surface area contributed by atoms with Crippen molar-refractivity contribution in [2.24, 2.45) is 0 Å². The smallest absolute Gasteiger partial charge is 0.128 e. The van der Waals surface area contributed by atoms with Gasteiger partial charge in [-0.3, -0.25) is 0 Å². The topological polar surface area (TPSA) is 21.3 Å². The summed E-state index contributed by atoms with van der Waals surface area (Å²) >= 11 is 0. The second-order valence-corrected chi connectivity index (χ2v) is 5.33. The highest BCUT2D eigenvalue weighted by atomic mass is 19.1. The number of hydrogen-bond donors (Lipinski definition) is 1. The van der Waals surface area contributed by atoms with Crippen LogP contribution in [0, 0.1) is 5.82 Å². The molecular weight excluding hydrogens is 265 g/mol. The Balaban J connectivity index is 1.99. The Morgan fingerprint density at radius 2 is 2.10 bits per heavy atom. The van der Waals surface area contributed by atoms with E-state index in [0.29, 0.717) is 5.56 Å². The zero-order valence-electron chi connectivity index (χ0n) is 12.2. The van der Waals surface area contributed by atoms with E-state index in [0.717, 1.165) is 37.3 Å². The van der Waals surface area contributed by atoms with Gasteiger partial charge < -0.3 is 10.1 Å². The first kappa shape index (κ1) is 14.1. The van der Waals surface area contributed by atoms with Gasteiger partial charge in [-0.1, -0.05) is 37.3 Å². The predicted molar refractivity (Wildman–Crippen MR) is 82.2 cm³/mol. The summed E-state index contributed by atoms with van der Waals surface area (Å²) in [5, 5.41) is 3.38. The van der Waals surface area contributed by atoms with Crippen LogP contribution in [0.3, 0.4) is 0 Å². The number of fused-ring (bicyclic) bond motifs is 1. The average molecular weight is 285 g/mol. The lowest BCUT2D eigenvalue weighted by Crippen LogP contribution is -2.23. The molecule has 0 saturated heterocycles. The lowest BCUT2D eigenvalue weighted by molar-refractivity contribution is 0.288. The highest BCUT2D eigenvalue weighted by Crippen LogP contribution is 2.31. The molecule has 2 aromatic carbocycles. The molecule has 0 radical (unpaired) electrons. The van der Waals surface area contributed by atoms with Gasteiger partial charge in [0.05, 0.1) is 12.6 Å². The Hall–Kier alpha value is -1.87. The summed E-state index contributed by atoms with van der Waals surface area (Å²) in [4.78, 5) is 0. The van der Waals surface area contributed by atoms with E-state index >= 15 is 0 Å². The molecule has 0 aliphatic carbocycles. The van der Waals surface area contributed by atoms with Crippen LogP contribution in [0.4, 0.5) is 4.39 Å². The van der Waals surface area contributed by atoms with Gasteiger partial charge in [-0.15, -0.1) is 0 Å². The minimum Gasteiger partial charge on any atom is -0.493 e. The first-order valence-corrected chi connectivity index (χ1v) is 7.53. The Bertz CT molecular complexity index is 626. The monoisotopic (exact) mass is 285 g/mol. The van der Waals surface area contributed by atoms with Crippen LogP contribution in [0.2, 0.25) is 0 Å². The molecule has 1 aliphatic heterocycles. The summed E-state index contributed by atoms with van der Waals surface area (Å²) in [7, 11) is 0. The van der Waals surface area contributed by atoms with E-state index in [1.807, 2.05) is 31.2 Å². The van der Waals surface area contributed by atoms with Crippen LogP contribution in [0.25, 0.3) is 0 Å². The van der Waals surface area contributed by atoms with Crippen molar-refractivity contribution in [1.29, 1.82) is 0 Å². The maximum atomic E-state index is 14.1. The van der Waals surface area contributed by atoms with Crippen LogP contribution in [0.1, 0.15) is 36.1 Å². The number of hydrogen-bond acceptors (Lipinski definition) is 2. The van der Waals surface area contributed by atoms with Gasteiger partial charge in [0, 0.05) is 5.56 Å². The summed E-state index contributed by atoms with van der Waals surface area (Å²) in [6.45, 7) is 3.61. The molecule has 0 bridgehead atoms. The van der Waals surface area contributed by atoms with Gasteiger partial charge in [-0.2, -0.15) is 0 Å². The van der Waals surface area contributed by atoms with Crippen LogP contribution in [0.15, 0.2) is 42.5 Å². The minimum atomic E-state index is -0.169. The van der Waals surface area contributed by atoms with Crippen molar-refractivity contribution in [3.8, 4) is 5.75 Å². The molecule has 3 heteroatoms. The van der Waals surface area contributed by atoms with Crippen molar-refractivity contribution < 1.29 is 9.13 Å². The number of benzene rings is 2. The number of aryl methyl sites for hydroxylation is 1. The molecule has 2 aromatic rings. The second kappa shape index (κ2) is 6.27. The van der Waals surface area contributed by atoms with Gasteiger partial charge in [0.15, 0.2) is 0 Å². The third-order valence-electron chi connectivity index (χ3n) is 3.89. The number of rotatable bonds is 4. The molecule has 2 nitrogen and oxygen atoms in total. The Labute approximate surface area is 125 Å². The Kier molecular flexibility index (Phi) is 4.20. The van der Waals surface area contributed by atoms with Crippen molar-refractivity contribution in [2.75, 3.05) is 13.2 Å². The molecule has 1 unspecified atom stereocenters. The number of ether oxygens (including phenoxy) is 1. The molecular formula is C18H20FNO. The average Bonchev–Trinajstić information content (AvgIpc) is 2.53. The summed E-state index contributed by atoms with van der Waals surface area (Å²) in [6, 6.07) is 13.0. The molecule has 3 rings (SSSR count). The Morgan fingerprint density at radius 1 is 1.24 bits per heavy atom. The quantitative estimate of drug-likeness (QED) is 0.921. The van der Waals surface area contributed by atoms with Crippen LogP contribution in [0.5, 0.6) is 5.75 Å². The zero-order chi connectivity index (χ0) is 14.7. The Morgan fingerprint density at radius 3 is 2.90 bits per heavy atom. The van der Waals surface area contributed by atoms with Gasteiger partial charge in [-0.25, -0.2) is 4.39 Å². The normalized spacial score (nSPS) is 15.1. The van der Waals surface area contributed by atoms with Crippen LogP contribution in [-0.4, -0.2) is 13.2 Å². The van der Waals surface area contributed by atoms with Gasteiger partial charge in [0.25, 0.3) is 0 Å². The molecule has 1 heterocycles. The first-order chi connectivity index (χ1) is 10.3. The molecule has 21 heavy (non-hydrogen) atoms. The minimum absolute atomic E-state index is 0.122. The maximum Gasteiger partial charge on any atom is 0.128 e. The highest BCUT2D eigenvalue weighted by Gasteiger charge is 2.19. The largest absolute Gasteiger partial charge is 0.493 e. The third kappa shape index (κ3) is 2.93. The number of halogens is 1. The first-order valence-electron chi connectivity index (χ1n) is 7.53. The molecule has 110 valence electrons. The summed E-state index contributed by atoms with van der Waals surface area (Å²) in [6.07, 6.45) is 2.07. The van der Waals surface area contributed by atoms with Crippen LogP contribution in [-0.2, 0) is 6.42 Å². The van der Waals surface area contributed by atoms with Crippen LogP contribution >= 0.6 is 0 Å². The third-order valence-corrected chi connectivity index (χ3v) is 3.89. The molecule has 0 amide bonds. The fourth-order valence-corrected chi connectivity index (χ4v) is 2.88. The summed E-state index contributed by atoms with van der Waals surface area (Å²) in [5.41, 5.74) is 3.00. The summed E-state index contributed by atoms with van der Waals surface area (Å²) < 4.78 is 19.8. The highest BCUT2D eigenvalue weighted by molar-refractivity contribution is 5.42. The molecule has 0 saturated carbocycles. The fraction of sp³-hybridized carbons (Fsp3) is 0.333. The zero-order valence-corrected chi connectivity index (χ0v) is 12.2. The molecule has 0 aromatic heterocycles. The fourth-order valence-electron chi connectivity index (χ4n) is 2.88. The lowest BCUT2D eigenvalue weighted by Gasteiger charge is -2.23. The van der Waals surface area contributed by atoms with Crippen molar-refractivity contribution in [3.05, 3.63) is 65.0 Å². The van der Waals surface area contributed by atoms with Gasteiger partial charge in [-0.05, 0) is 42.6 Å². The standard InChI is InChI=1S/C18H20FNO/c1-2-20-18(15-7-3-4-8-16(15)19)14-9-10-17-13(12-14)6-5-11-21-17/h3-4,7-10,12,18,20H,2,5-6,11H2,1H3. The summed E-state index contributed by atoms with van der Waals surface area (Å²) in [5.74, 6) is 0.797. The van der Waals surface area contributed by atoms with E-state index < -0.39 is 0 Å². The van der Waals surface area contributed by atoms with Gasteiger partial charge in [0.1, 0.15) is 11.6 Å². The van der Waals surface area contributed by atoms with Crippen molar-refractivity contribution in [2.45, 2.75) is 25.8 Å². The van der Waals surface area contributed by atoms with Gasteiger partial charge >= 0.3 is 0 Å². The lowest BCUT2D eigenvalue weighted by atomic mass is 9.94. The molecule has 0 spiro atoms. The van der Waals surface area contributed by atoms with E-state index in [9.17, 15) is 4.39 Å². The van der Waals surface area contributed by atoms with Crippen molar-refractivity contribution >= 4 is 0 Å².